The fourth-order valence-electron chi connectivity index (χ4n) is 1.18. The molecule has 0 aliphatic rings. The van der Waals surface area contributed by atoms with E-state index in [0.717, 1.165) is 0 Å². The molecule has 0 aromatic heterocycles. The fraction of sp³-hybridized carbons (Fsp3) is 0.727. The average molecular weight is 273 g/mol. The lowest BCUT2D eigenvalue weighted by molar-refractivity contribution is -0.127. The van der Waals surface area contributed by atoms with Crippen molar-refractivity contribution in [3.8, 4) is 0 Å². The van der Waals surface area contributed by atoms with E-state index in [0.29, 0.717) is 0 Å². The van der Waals surface area contributed by atoms with Gasteiger partial charge in [-0.25, -0.2) is 0 Å². The van der Waals surface area contributed by atoms with Gasteiger partial charge in [-0.3, -0.25) is 14.4 Å². The first-order valence-corrected chi connectivity index (χ1v) is 6.16. The molecule has 0 radical (unpaired) electrons. The fourth-order valence-corrected chi connectivity index (χ4v) is 1.18. The second-order valence-electron chi connectivity index (χ2n) is 4.38. The van der Waals surface area contributed by atoms with Crippen LogP contribution in [0.15, 0.2) is 0 Å². The minimum atomic E-state index is -0.815. The molecule has 0 fully saturated rings. The summed E-state index contributed by atoms with van der Waals surface area (Å²) in [6, 6.07) is -0.746. The molecule has 0 saturated heterocycles. The summed E-state index contributed by atoms with van der Waals surface area (Å²) in [4.78, 5) is 33.8. The van der Waals surface area contributed by atoms with Crippen LogP contribution in [0, 0.1) is 0 Å². The number of carbonyl (C=O) groups is 3. The maximum Gasteiger partial charge on any atom is 0.239 e. The SMILES string of the molecule is CC(C)NC(=O)CCNC(=O)CNC(=O)C(N)CN. The number of hydrogen-bond acceptors (Lipinski definition) is 5. The summed E-state index contributed by atoms with van der Waals surface area (Å²) in [5, 5.41) is 7.56. The van der Waals surface area contributed by atoms with Crippen LogP contribution in [0.2, 0.25) is 0 Å². The van der Waals surface area contributed by atoms with E-state index in [1.807, 2.05) is 13.8 Å². The van der Waals surface area contributed by atoms with Crippen LogP contribution in [0.25, 0.3) is 0 Å². The van der Waals surface area contributed by atoms with Gasteiger partial charge in [-0.15, -0.1) is 0 Å². The molecule has 0 saturated carbocycles. The quantitative estimate of drug-likeness (QED) is 0.330. The van der Waals surface area contributed by atoms with Gasteiger partial charge in [-0.05, 0) is 13.8 Å². The van der Waals surface area contributed by atoms with Gasteiger partial charge in [0, 0.05) is 25.6 Å². The molecule has 1 atom stereocenters. The lowest BCUT2D eigenvalue weighted by Gasteiger charge is -2.11. The lowest BCUT2D eigenvalue weighted by atomic mass is 10.3. The second-order valence-corrected chi connectivity index (χ2v) is 4.38. The zero-order valence-electron chi connectivity index (χ0n) is 11.4. The number of hydrogen-bond donors (Lipinski definition) is 5. The summed E-state index contributed by atoms with van der Waals surface area (Å²) < 4.78 is 0. The van der Waals surface area contributed by atoms with Gasteiger partial charge in [0.05, 0.1) is 12.6 Å². The molecular weight excluding hydrogens is 250 g/mol. The number of nitrogens with two attached hydrogens (primary N) is 2. The molecule has 0 rings (SSSR count). The standard InChI is InChI=1S/C11H23N5O3/c1-7(2)16-9(17)3-4-14-10(18)6-15-11(19)8(13)5-12/h7-8H,3-6,12-13H2,1-2H3,(H,14,18)(H,15,19)(H,16,17). The molecule has 0 aliphatic carbocycles. The van der Waals surface area contributed by atoms with Gasteiger partial charge in [-0.1, -0.05) is 0 Å². The molecule has 0 aromatic carbocycles. The Morgan fingerprint density at radius 1 is 1.11 bits per heavy atom. The minimum absolute atomic E-state index is 0.0167. The van der Waals surface area contributed by atoms with Crippen LogP contribution in [-0.4, -0.2) is 49.4 Å². The molecule has 3 amide bonds. The first-order valence-electron chi connectivity index (χ1n) is 6.16. The van der Waals surface area contributed by atoms with Crippen molar-refractivity contribution in [2.24, 2.45) is 11.5 Å². The molecule has 0 aliphatic heterocycles. The molecule has 110 valence electrons. The van der Waals surface area contributed by atoms with Crippen molar-refractivity contribution < 1.29 is 14.4 Å². The van der Waals surface area contributed by atoms with Gasteiger partial charge >= 0.3 is 0 Å². The molecule has 0 bridgehead atoms. The van der Waals surface area contributed by atoms with E-state index < -0.39 is 11.9 Å². The summed E-state index contributed by atoms with van der Waals surface area (Å²) in [6.07, 6.45) is 0.195. The summed E-state index contributed by atoms with van der Waals surface area (Å²) in [5.41, 5.74) is 10.6. The highest BCUT2D eigenvalue weighted by atomic mass is 16.2. The normalized spacial score (nSPS) is 11.8. The number of nitrogens with one attached hydrogen (secondary N) is 3. The third kappa shape index (κ3) is 8.97. The molecule has 0 heterocycles. The Kier molecular flexibility index (Phi) is 8.47. The zero-order valence-corrected chi connectivity index (χ0v) is 11.4. The number of amides is 3. The van der Waals surface area contributed by atoms with Gasteiger partial charge in [0.15, 0.2) is 0 Å². The van der Waals surface area contributed by atoms with Crippen LogP contribution in [0.1, 0.15) is 20.3 Å². The maximum atomic E-state index is 11.3. The van der Waals surface area contributed by atoms with Gasteiger partial charge in [0.25, 0.3) is 0 Å². The average Bonchev–Trinajstić information content (AvgIpc) is 2.33. The van der Waals surface area contributed by atoms with Crippen molar-refractivity contribution in [3.05, 3.63) is 0 Å². The monoisotopic (exact) mass is 273 g/mol. The Balaban J connectivity index is 3.71. The van der Waals surface area contributed by atoms with Gasteiger partial charge in [0.1, 0.15) is 0 Å². The summed E-state index contributed by atoms with van der Waals surface area (Å²) in [5.74, 6) is -0.991. The zero-order chi connectivity index (χ0) is 14.8. The van der Waals surface area contributed by atoms with E-state index in [-0.39, 0.29) is 43.9 Å². The maximum absolute atomic E-state index is 11.3. The van der Waals surface area contributed by atoms with Crippen LogP contribution in [0.5, 0.6) is 0 Å². The highest BCUT2D eigenvalue weighted by molar-refractivity contribution is 5.87. The predicted octanol–water partition coefficient (Wildman–Crippen LogP) is -2.58. The highest BCUT2D eigenvalue weighted by Crippen LogP contribution is 1.82. The van der Waals surface area contributed by atoms with Crippen LogP contribution in [-0.2, 0) is 14.4 Å². The molecular formula is C11H23N5O3. The predicted molar refractivity (Wildman–Crippen MR) is 70.9 cm³/mol. The van der Waals surface area contributed by atoms with Crippen LogP contribution in [0.3, 0.4) is 0 Å². The third-order valence-corrected chi connectivity index (χ3v) is 2.14. The molecule has 8 heteroatoms. The van der Waals surface area contributed by atoms with E-state index in [2.05, 4.69) is 16.0 Å². The number of rotatable bonds is 8. The van der Waals surface area contributed by atoms with Crippen LogP contribution >= 0.6 is 0 Å². The molecule has 7 N–H and O–H groups in total. The van der Waals surface area contributed by atoms with Gasteiger partial charge in [-0.2, -0.15) is 0 Å². The smallest absolute Gasteiger partial charge is 0.239 e. The molecule has 8 nitrogen and oxygen atoms in total. The third-order valence-electron chi connectivity index (χ3n) is 2.14. The molecule has 19 heavy (non-hydrogen) atoms. The summed E-state index contributed by atoms with van der Waals surface area (Å²) >= 11 is 0. The van der Waals surface area contributed by atoms with Crippen LogP contribution in [0.4, 0.5) is 0 Å². The highest BCUT2D eigenvalue weighted by Gasteiger charge is 2.12. The van der Waals surface area contributed by atoms with Gasteiger partial charge < -0.3 is 27.4 Å². The second kappa shape index (κ2) is 9.29. The Labute approximate surface area is 112 Å². The lowest BCUT2D eigenvalue weighted by Crippen LogP contribution is -2.48. The van der Waals surface area contributed by atoms with Crippen molar-refractivity contribution in [1.82, 2.24) is 16.0 Å². The Hall–Kier alpha value is -1.67. The Morgan fingerprint density at radius 3 is 2.26 bits per heavy atom. The topological polar surface area (TPSA) is 139 Å². The molecule has 0 aromatic rings. The summed E-state index contributed by atoms with van der Waals surface area (Å²) in [7, 11) is 0. The van der Waals surface area contributed by atoms with Crippen molar-refractivity contribution in [2.45, 2.75) is 32.4 Å². The first-order chi connectivity index (χ1) is 8.86. The van der Waals surface area contributed by atoms with Crippen molar-refractivity contribution in [3.63, 3.8) is 0 Å². The van der Waals surface area contributed by atoms with E-state index in [4.69, 9.17) is 11.5 Å². The largest absolute Gasteiger partial charge is 0.354 e. The van der Waals surface area contributed by atoms with Crippen molar-refractivity contribution in [1.29, 1.82) is 0 Å². The Bertz CT molecular complexity index is 319. The van der Waals surface area contributed by atoms with E-state index >= 15 is 0 Å². The van der Waals surface area contributed by atoms with E-state index in [1.54, 1.807) is 0 Å². The molecule has 0 spiro atoms. The summed E-state index contributed by atoms with van der Waals surface area (Å²) in [6.45, 7) is 3.76. The van der Waals surface area contributed by atoms with Crippen molar-refractivity contribution >= 4 is 17.7 Å². The van der Waals surface area contributed by atoms with E-state index in [9.17, 15) is 14.4 Å². The van der Waals surface area contributed by atoms with Crippen LogP contribution < -0.4 is 27.4 Å². The van der Waals surface area contributed by atoms with E-state index in [1.165, 1.54) is 0 Å². The van der Waals surface area contributed by atoms with Gasteiger partial charge in [0.2, 0.25) is 17.7 Å². The Morgan fingerprint density at radius 2 is 1.74 bits per heavy atom. The minimum Gasteiger partial charge on any atom is -0.354 e. The molecule has 1 unspecified atom stereocenters. The first kappa shape index (κ1) is 17.3. The van der Waals surface area contributed by atoms with Crippen molar-refractivity contribution in [2.75, 3.05) is 19.6 Å². The number of carbonyl (C=O) groups excluding carboxylic acids is 3.